The molecule has 0 radical (unpaired) electrons. The number of carboxylic acids is 3. The quantitative estimate of drug-likeness (QED) is 0.101. The zero-order valence-corrected chi connectivity index (χ0v) is 39.7. The number of benzene rings is 3. The first-order chi connectivity index (χ1) is 29.9. The summed E-state index contributed by atoms with van der Waals surface area (Å²) in [5.41, 5.74) is -3.45. The maximum atomic E-state index is 15.0. The highest BCUT2D eigenvalue weighted by Gasteiger charge is 2.62. The fourth-order valence-corrected chi connectivity index (χ4v) is 10.7. The lowest BCUT2D eigenvalue weighted by Crippen LogP contribution is -2.36. The van der Waals surface area contributed by atoms with Gasteiger partial charge in [0.2, 0.25) is 34.7 Å². The Hall–Kier alpha value is -5.32. The zero-order valence-electron chi connectivity index (χ0n) is 37.3. The fraction of sp³-hybridized carbons (Fsp3) is 0.512. The van der Waals surface area contributed by atoms with Crippen molar-refractivity contribution in [2.45, 2.75) is 138 Å². The molecule has 6 aliphatic rings. The second-order valence-corrected chi connectivity index (χ2v) is 21.4. The van der Waals surface area contributed by atoms with Crippen molar-refractivity contribution in [2.75, 3.05) is 17.3 Å². The average Bonchev–Trinajstić information content (AvgIpc) is 3.95. The minimum absolute atomic E-state index is 0.0106. The largest absolute Gasteiger partial charge is 0.481 e. The SMILES string of the molecule is CC1(C)Oc2c(c(C(O)(c3c4c(c(SCC(=O)O)c5c3OC(C)(C)O5)OC(C)(C)O4)c3c4c(c(SCC(=O)O)c5c3OC(C)(C)O5)OC(C)(C)O4)c3c(c2SCC(=O)O)OC(C)(C)O3)O1. The molecule has 0 fully saturated rings. The Kier molecular flexibility index (Phi) is 9.73. The van der Waals surface area contributed by atoms with E-state index in [4.69, 9.17) is 56.8 Å². The van der Waals surface area contributed by atoms with Gasteiger partial charge in [0, 0.05) is 83.1 Å². The lowest BCUT2D eigenvalue weighted by atomic mass is 9.76. The molecule has 6 aliphatic heterocycles. The van der Waals surface area contributed by atoms with Gasteiger partial charge in [0.25, 0.3) is 0 Å². The standard InChI is InChI=1S/C43H46O19S3/c1-37(2)51-22-19(23-29(58-38(3,4)52-23)34(28(22)57-37)63-13-16(44)45)43(50,20-24-30(59-39(5,6)53-24)35(64-14-17(46)47)31-25(20)54-40(7,8)60-31)21-26-32(61-41(9,10)55-26)36(65-15-18(48)49)33-27(21)56-42(11,12)62-33/h50H,13-15H2,1-12H3,(H,44,45)(H,46,47)(H,48,49). The smallest absolute Gasteiger partial charge is 0.313 e. The van der Waals surface area contributed by atoms with Gasteiger partial charge >= 0.3 is 17.9 Å². The lowest BCUT2D eigenvalue weighted by Gasteiger charge is -2.35. The first-order valence-electron chi connectivity index (χ1n) is 20.2. The number of rotatable bonds is 12. The van der Waals surface area contributed by atoms with Crippen molar-refractivity contribution in [3.8, 4) is 69.0 Å². The summed E-state index contributed by atoms with van der Waals surface area (Å²) in [4.78, 5) is 36.9. The molecule has 0 saturated heterocycles. The fourth-order valence-electron chi connectivity index (χ4n) is 8.29. The number of hydrogen-bond donors (Lipinski definition) is 4. The summed E-state index contributed by atoms with van der Waals surface area (Å²) < 4.78 is 78.9. The molecule has 4 N–H and O–H groups in total. The van der Waals surface area contributed by atoms with Gasteiger partial charge in [0.05, 0.1) is 33.9 Å². The molecule has 65 heavy (non-hydrogen) atoms. The molecule has 0 atom stereocenters. The van der Waals surface area contributed by atoms with E-state index in [0.717, 1.165) is 35.3 Å². The van der Waals surface area contributed by atoms with E-state index in [1.807, 2.05) is 0 Å². The predicted octanol–water partition coefficient (Wildman–Crippen LogP) is 7.54. The van der Waals surface area contributed by atoms with Gasteiger partial charge in [-0.2, -0.15) is 0 Å². The molecule has 19 nitrogen and oxygen atoms in total. The van der Waals surface area contributed by atoms with Crippen LogP contribution >= 0.6 is 35.3 Å². The van der Waals surface area contributed by atoms with Crippen molar-refractivity contribution in [2.24, 2.45) is 0 Å². The lowest BCUT2D eigenvalue weighted by molar-refractivity contribution is -0.134. The molecule has 0 amide bonds. The van der Waals surface area contributed by atoms with Crippen LogP contribution in [0.1, 0.15) is 99.8 Å². The maximum Gasteiger partial charge on any atom is 0.313 e. The minimum Gasteiger partial charge on any atom is -0.481 e. The number of carboxylic acid groups (broad SMARTS) is 3. The molecule has 3 aromatic rings. The van der Waals surface area contributed by atoms with Gasteiger partial charge in [0.15, 0.2) is 74.6 Å². The number of thioether (sulfide) groups is 3. The number of aliphatic hydroxyl groups is 1. The molecule has 0 aliphatic carbocycles. The number of carbonyl (C=O) groups is 3. The highest BCUT2D eigenvalue weighted by Crippen LogP contribution is 2.73. The van der Waals surface area contributed by atoms with Crippen LogP contribution in [0.4, 0.5) is 0 Å². The molecular formula is C43H46O19S3. The van der Waals surface area contributed by atoms with Crippen LogP contribution in [0, 0.1) is 0 Å². The van der Waals surface area contributed by atoms with Crippen molar-refractivity contribution < 1.29 is 91.7 Å². The van der Waals surface area contributed by atoms with E-state index in [-0.39, 0.29) is 100 Å². The van der Waals surface area contributed by atoms with Crippen molar-refractivity contribution >= 4 is 53.2 Å². The molecule has 22 heteroatoms. The Morgan fingerprint density at radius 3 is 0.662 bits per heavy atom. The number of aliphatic carboxylic acids is 3. The predicted molar refractivity (Wildman–Crippen MR) is 229 cm³/mol. The van der Waals surface area contributed by atoms with E-state index in [2.05, 4.69) is 0 Å². The van der Waals surface area contributed by atoms with Gasteiger partial charge in [-0.25, -0.2) is 0 Å². The summed E-state index contributed by atoms with van der Waals surface area (Å²) >= 11 is 2.64. The van der Waals surface area contributed by atoms with Crippen LogP contribution in [-0.4, -0.2) is 90.3 Å². The molecule has 0 aromatic heterocycles. The topological polar surface area (TPSA) is 243 Å². The van der Waals surface area contributed by atoms with E-state index >= 15 is 5.11 Å². The Balaban J connectivity index is 1.51. The average molecular weight is 963 g/mol. The van der Waals surface area contributed by atoms with E-state index in [1.54, 1.807) is 83.1 Å². The third-order valence-electron chi connectivity index (χ3n) is 10.1. The van der Waals surface area contributed by atoms with Crippen LogP contribution in [0.3, 0.4) is 0 Å². The first-order valence-corrected chi connectivity index (χ1v) is 23.2. The zero-order chi connectivity index (χ0) is 47.4. The normalized spacial score (nSPS) is 20.3. The monoisotopic (exact) mass is 962 g/mol. The Labute approximate surface area is 384 Å². The summed E-state index contributed by atoms with van der Waals surface area (Å²) in [7, 11) is 0. The van der Waals surface area contributed by atoms with Crippen LogP contribution < -0.4 is 56.8 Å². The van der Waals surface area contributed by atoms with Crippen LogP contribution in [0.5, 0.6) is 69.0 Å². The molecule has 0 unspecified atom stereocenters. The van der Waals surface area contributed by atoms with Crippen molar-refractivity contribution in [3.63, 3.8) is 0 Å². The van der Waals surface area contributed by atoms with Crippen molar-refractivity contribution in [1.82, 2.24) is 0 Å². The summed E-state index contributed by atoms with van der Waals surface area (Å²) in [6.07, 6.45) is 0. The summed E-state index contributed by atoms with van der Waals surface area (Å²) in [6, 6.07) is 0. The molecule has 6 heterocycles. The summed E-state index contributed by atoms with van der Waals surface area (Å²) in [5, 5.41) is 44.7. The van der Waals surface area contributed by atoms with Crippen LogP contribution in [0.15, 0.2) is 14.7 Å². The number of fused-ring (bicyclic) bond motifs is 6. The second kappa shape index (κ2) is 14.1. The van der Waals surface area contributed by atoms with Crippen LogP contribution in [0.25, 0.3) is 0 Å². The van der Waals surface area contributed by atoms with Gasteiger partial charge in [-0.1, -0.05) is 0 Å². The Bertz CT molecular complexity index is 2230. The van der Waals surface area contributed by atoms with Gasteiger partial charge < -0.3 is 77.3 Å². The Morgan fingerprint density at radius 2 is 0.508 bits per heavy atom. The summed E-state index contributed by atoms with van der Waals surface area (Å²) in [6.45, 7) is 19.4. The van der Waals surface area contributed by atoms with E-state index < -0.39 is 75.5 Å². The molecule has 9 rings (SSSR count). The van der Waals surface area contributed by atoms with Gasteiger partial charge in [-0.05, 0) is 0 Å². The van der Waals surface area contributed by atoms with Gasteiger partial charge in [-0.15, -0.1) is 35.3 Å². The minimum atomic E-state index is -2.84. The third-order valence-corrected chi connectivity index (χ3v) is 13.3. The molecular weight excluding hydrogens is 917 g/mol. The van der Waals surface area contributed by atoms with E-state index in [0.29, 0.717) is 0 Å². The molecule has 0 spiro atoms. The molecule has 0 bridgehead atoms. The van der Waals surface area contributed by atoms with Crippen LogP contribution in [0.2, 0.25) is 0 Å². The van der Waals surface area contributed by atoms with E-state index in [1.165, 1.54) is 0 Å². The number of hydrogen-bond acceptors (Lipinski definition) is 19. The maximum absolute atomic E-state index is 15.0. The van der Waals surface area contributed by atoms with Gasteiger partial charge in [0.1, 0.15) is 14.7 Å². The first kappa shape index (κ1) is 44.9. The molecule has 0 saturated carbocycles. The van der Waals surface area contributed by atoms with Gasteiger partial charge in [-0.3, -0.25) is 14.4 Å². The highest BCUT2D eigenvalue weighted by atomic mass is 32.2. The second-order valence-electron chi connectivity index (χ2n) is 18.4. The third kappa shape index (κ3) is 7.39. The molecule has 350 valence electrons. The highest BCUT2D eigenvalue weighted by molar-refractivity contribution is 8.00. The van der Waals surface area contributed by atoms with Crippen LogP contribution in [-0.2, 0) is 20.0 Å². The molecule has 3 aromatic carbocycles. The number of ether oxygens (including phenoxy) is 12. The van der Waals surface area contributed by atoms with Crippen molar-refractivity contribution in [1.29, 1.82) is 0 Å². The Morgan fingerprint density at radius 1 is 0.354 bits per heavy atom. The summed E-state index contributed by atoms with van der Waals surface area (Å²) in [5.74, 6) is -14.4. The van der Waals surface area contributed by atoms with Crippen molar-refractivity contribution in [3.05, 3.63) is 16.7 Å². The van der Waals surface area contributed by atoms with E-state index in [9.17, 15) is 29.7 Å².